The zero-order valence-electron chi connectivity index (χ0n) is 11.7. The van der Waals surface area contributed by atoms with E-state index < -0.39 is 11.9 Å². The normalized spacial score (nSPS) is 20.6. The minimum atomic E-state index is -4.39. The third kappa shape index (κ3) is 3.85. The van der Waals surface area contributed by atoms with Crippen molar-refractivity contribution in [3.63, 3.8) is 0 Å². The number of rotatable bonds is 4. The summed E-state index contributed by atoms with van der Waals surface area (Å²) in [6.45, 7) is 7.02. The summed E-state index contributed by atoms with van der Waals surface area (Å²) in [6.07, 6.45) is -3.32. The van der Waals surface area contributed by atoms with Gasteiger partial charge in [0, 0.05) is 19.1 Å². The van der Waals surface area contributed by atoms with Gasteiger partial charge in [-0.1, -0.05) is 6.07 Å². The molecule has 20 heavy (non-hydrogen) atoms. The lowest BCUT2D eigenvalue weighted by atomic mass is 10.1. The molecule has 1 N–H and O–H groups in total. The van der Waals surface area contributed by atoms with Crippen LogP contribution in [-0.4, -0.2) is 35.6 Å². The Kier molecular flexibility index (Phi) is 4.52. The average molecular weight is 287 g/mol. The minimum Gasteiger partial charge on any atom is -0.370 e. The Morgan fingerprint density at radius 1 is 1.40 bits per heavy atom. The number of pyridine rings is 1. The van der Waals surface area contributed by atoms with Gasteiger partial charge in [0.15, 0.2) is 0 Å². The summed E-state index contributed by atoms with van der Waals surface area (Å²) >= 11 is 0. The number of nitrogens with one attached hydrogen (secondary N) is 1. The van der Waals surface area contributed by atoms with Gasteiger partial charge in [0.25, 0.3) is 0 Å². The molecule has 0 amide bonds. The van der Waals surface area contributed by atoms with Crippen molar-refractivity contribution < 1.29 is 13.2 Å². The monoisotopic (exact) mass is 287 g/mol. The van der Waals surface area contributed by atoms with Crippen LogP contribution in [0.3, 0.4) is 0 Å². The number of nitrogens with zero attached hydrogens (tertiary/aromatic N) is 2. The third-order valence-electron chi connectivity index (χ3n) is 3.66. The summed E-state index contributed by atoms with van der Waals surface area (Å²) < 4.78 is 37.7. The van der Waals surface area contributed by atoms with Crippen LogP contribution in [0.1, 0.15) is 26.0 Å². The molecular weight excluding hydrogens is 267 g/mol. The maximum Gasteiger partial charge on any atom is 0.433 e. The Hall–Kier alpha value is -1.30. The lowest BCUT2D eigenvalue weighted by Gasteiger charge is -2.20. The zero-order chi connectivity index (χ0) is 14.8. The standard InChI is InChI=1S/C14H20F3N3/c1-10(2)20-7-6-11(9-20)8-18-13-5-3-4-12(19-13)14(15,16)17/h3-5,10-11H,6-9H2,1-2H3,(H,18,19). The van der Waals surface area contributed by atoms with E-state index in [1.54, 1.807) is 6.07 Å². The van der Waals surface area contributed by atoms with Crippen molar-refractivity contribution in [3.8, 4) is 0 Å². The van der Waals surface area contributed by atoms with Gasteiger partial charge in [0.05, 0.1) is 0 Å². The summed E-state index contributed by atoms with van der Waals surface area (Å²) in [7, 11) is 0. The summed E-state index contributed by atoms with van der Waals surface area (Å²) in [4.78, 5) is 5.99. The summed E-state index contributed by atoms with van der Waals surface area (Å²) in [5.74, 6) is 0.761. The quantitative estimate of drug-likeness (QED) is 0.921. The van der Waals surface area contributed by atoms with Crippen LogP contribution in [-0.2, 0) is 6.18 Å². The van der Waals surface area contributed by atoms with Crippen LogP contribution in [0.25, 0.3) is 0 Å². The molecule has 1 aromatic heterocycles. The van der Waals surface area contributed by atoms with E-state index in [9.17, 15) is 13.2 Å². The highest BCUT2D eigenvalue weighted by molar-refractivity contribution is 5.36. The number of alkyl halides is 3. The largest absolute Gasteiger partial charge is 0.433 e. The van der Waals surface area contributed by atoms with Gasteiger partial charge in [-0.15, -0.1) is 0 Å². The highest BCUT2D eigenvalue weighted by Crippen LogP contribution is 2.28. The van der Waals surface area contributed by atoms with Crippen LogP contribution in [0.2, 0.25) is 0 Å². The van der Waals surface area contributed by atoms with Crippen LogP contribution in [0.15, 0.2) is 18.2 Å². The molecule has 1 aromatic rings. The zero-order valence-corrected chi connectivity index (χ0v) is 11.7. The van der Waals surface area contributed by atoms with Gasteiger partial charge in [-0.05, 0) is 44.9 Å². The van der Waals surface area contributed by atoms with E-state index in [2.05, 4.69) is 29.0 Å². The SMILES string of the molecule is CC(C)N1CCC(CNc2cccc(C(F)(F)F)n2)C1. The fraction of sp³-hybridized carbons (Fsp3) is 0.643. The first-order valence-electron chi connectivity index (χ1n) is 6.88. The number of aromatic nitrogens is 1. The first-order valence-corrected chi connectivity index (χ1v) is 6.88. The topological polar surface area (TPSA) is 28.2 Å². The van der Waals surface area contributed by atoms with Crippen molar-refractivity contribution in [2.75, 3.05) is 25.0 Å². The molecule has 0 aromatic carbocycles. The minimum absolute atomic E-state index is 0.294. The van der Waals surface area contributed by atoms with Crippen LogP contribution in [0.5, 0.6) is 0 Å². The fourth-order valence-corrected chi connectivity index (χ4v) is 2.44. The van der Waals surface area contributed by atoms with E-state index in [1.165, 1.54) is 6.07 Å². The molecular formula is C14H20F3N3. The van der Waals surface area contributed by atoms with E-state index in [0.717, 1.165) is 25.6 Å². The maximum absolute atomic E-state index is 12.6. The second-order valence-corrected chi connectivity index (χ2v) is 5.53. The molecule has 1 atom stereocenters. The molecule has 2 rings (SSSR count). The predicted molar refractivity (Wildman–Crippen MR) is 72.5 cm³/mol. The molecule has 0 bridgehead atoms. The first-order chi connectivity index (χ1) is 9.36. The average Bonchev–Trinajstić information content (AvgIpc) is 2.85. The van der Waals surface area contributed by atoms with Gasteiger partial charge in [0.2, 0.25) is 0 Å². The molecule has 3 nitrogen and oxygen atoms in total. The maximum atomic E-state index is 12.6. The van der Waals surface area contributed by atoms with Crippen LogP contribution in [0.4, 0.5) is 19.0 Å². The van der Waals surface area contributed by atoms with E-state index >= 15 is 0 Å². The molecule has 1 fully saturated rings. The molecule has 0 spiro atoms. The van der Waals surface area contributed by atoms with Gasteiger partial charge in [0.1, 0.15) is 11.5 Å². The molecule has 1 aliphatic heterocycles. The molecule has 0 saturated carbocycles. The molecule has 112 valence electrons. The highest BCUT2D eigenvalue weighted by Gasteiger charge is 2.32. The van der Waals surface area contributed by atoms with E-state index in [4.69, 9.17) is 0 Å². The lowest BCUT2D eigenvalue weighted by Crippen LogP contribution is -2.29. The molecule has 6 heteroatoms. The van der Waals surface area contributed by atoms with Crippen molar-refractivity contribution in [2.24, 2.45) is 5.92 Å². The number of likely N-dealkylation sites (tertiary alicyclic amines) is 1. The number of halogens is 3. The summed E-state index contributed by atoms with van der Waals surface area (Å²) in [5.41, 5.74) is -0.849. The second-order valence-electron chi connectivity index (χ2n) is 5.53. The lowest BCUT2D eigenvalue weighted by molar-refractivity contribution is -0.141. The van der Waals surface area contributed by atoms with Gasteiger partial charge < -0.3 is 10.2 Å². The van der Waals surface area contributed by atoms with Crippen molar-refractivity contribution in [3.05, 3.63) is 23.9 Å². The number of hydrogen-bond donors (Lipinski definition) is 1. The Morgan fingerprint density at radius 3 is 2.75 bits per heavy atom. The van der Waals surface area contributed by atoms with Crippen molar-refractivity contribution in [2.45, 2.75) is 32.5 Å². The summed E-state index contributed by atoms with van der Waals surface area (Å²) in [6, 6.07) is 4.46. The Bertz CT molecular complexity index is 446. The van der Waals surface area contributed by atoms with Gasteiger partial charge in [-0.2, -0.15) is 13.2 Å². The molecule has 1 unspecified atom stereocenters. The second kappa shape index (κ2) is 5.99. The van der Waals surface area contributed by atoms with Crippen molar-refractivity contribution in [1.82, 2.24) is 9.88 Å². The molecule has 1 aliphatic rings. The van der Waals surface area contributed by atoms with E-state index in [0.29, 0.717) is 24.3 Å². The molecule has 2 heterocycles. The Balaban J connectivity index is 1.89. The Morgan fingerprint density at radius 2 is 2.15 bits per heavy atom. The van der Waals surface area contributed by atoms with Crippen molar-refractivity contribution in [1.29, 1.82) is 0 Å². The highest BCUT2D eigenvalue weighted by atomic mass is 19.4. The van der Waals surface area contributed by atoms with Crippen LogP contribution >= 0.6 is 0 Å². The van der Waals surface area contributed by atoms with Crippen molar-refractivity contribution >= 4 is 5.82 Å². The Labute approximate surface area is 117 Å². The number of anilines is 1. The summed E-state index contributed by atoms with van der Waals surface area (Å²) in [5, 5.41) is 3.02. The van der Waals surface area contributed by atoms with E-state index in [-0.39, 0.29) is 0 Å². The van der Waals surface area contributed by atoms with Crippen LogP contribution < -0.4 is 5.32 Å². The predicted octanol–water partition coefficient (Wildman–Crippen LogP) is 3.24. The number of hydrogen-bond acceptors (Lipinski definition) is 3. The van der Waals surface area contributed by atoms with Crippen LogP contribution in [0, 0.1) is 5.92 Å². The molecule has 0 aliphatic carbocycles. The fourth-order valence-electron chi connectivity index (χ4n) is 2.44. The third-order valence-corrected chi connectivity index (χ3v) is 3.66. The van der Waals surface area contributed by atoms with E-state index in [1.807, 2.05) is 0 Å². The van der Waals surface area contributed by atoms with Gasteiger partial charge in [-0.3, -0.25) is 0 Å². The smallest absolute Gasteiger partial charge is 0.370 e. The van der Waals surface area contributed by atoms with Gasteiger partial charge in [-0.25, -0.2) is 4.98 Å². The molecule has 0 radical (unpaired) electrons. The van der Waals surface area contributed by atoms with Gasteiger partial charge >= 0.3 is 6.18 Å². The first kappa shape index (κ1) is 15.1. The molecule has 1 saturated heterocycles.